The predicted octanol–water partition coefficient (Wildman–Crippen LogP) is 1.36. The van der Waals surface area contributed by atoms with Gasteiger partial charge in [-0.15, -0.1) is 5.10 Å². The van der Waals surface area contributed by atoms with E-state index in [-0.39, 0.29) is 11.4 Å². The van der Waals surface area contributed by atoms with E-state index in [4.69, 9.17) is 4.74 Å². The van der Waals surface area contributed by atoms with E-state index in [1.807, 2.05) is 0 Å². The molecule has 0 amide bonds. The molecule has 16 heavy (non-hydrogen) atoms. The van der Waals surface area contributed by atoms with Gasteiger partial charge in [-0.3, -0.25) is 4.79 Å². The summed E-state index contributed by atoms with van der Waals surface area (Å²) in [5.74, 6) is 0. The van der Waals surface area contributed by atoms with E-state index in [2.05, 4.69) is 10.3 Å². The molecule has 5 nitrogen and oxygen atoms in total. The zero-order chi connectivity index (χ0) is 12.3. The zero-order valence-electron chi connectivity index (χ0n) is 8.65. The summed E-state index contributed by atoms with van der Waals surface area (Å²) < 4.78 is 42.0. The summed E-state index contributed by atoms with van der Waals surface area (Å²) in [7, 11) is 1.32. The molecule has 1 aromatic heterocycles. The molecule has 0 aliphatic carbocycles. The quantitative estimate of drug-likeness (QED) is 0.742. The van der Waals surface area contributed by atoms with Crippen molar-refractivity contribution < 1.29 is 22.7 Å². The maximum Gasteiger partial charge on any atom is 0.408 e. The van der Waals surface area contributed by atoms with Gasteiger partial charge in [-0.05, 0) is 6.92 Å². The lowest BCUT2D eigenvalue weighted by Gasteiger charge is -2.13. The Kier molecular flexibility index (Phi) is 3.63. The van der Waals surface area contributed by atoms with Crippen molar-refractivity contribution in [2.45, 2.75) is 25.7 Å². The molecule has 0 N–H and O–H groups in total. The number of hydrogen-bond acceptors (Lipinski definition) is 4. The maximum absolute atomic E-state index is 12.2. The number of nitrogens with zero attached hydrogens (tertiary/aromatic N) is 3. The fraction of sp³-hybridized carbons (Fsp3) is 0.625. The normalized spacial score (nSPS) is 13.8. The monoisotopic (exact) mass is 237 g/mol. The topological polar surface area (TPSA) is 57.0 Å². The van der Waals surface area contributed by atoms with Gasteiger partial charge in [-0.25, -0.2) is 4.68 Å². The van der Waals surface area contributed by atoms with Gasteiger partial charge < -0.3 is 4.74 Å². The van der Waals surface area contributed by atoms with E-state index in [0.717, 1.165) is 0 Å². The zero-order valence-corrected chi connectivity index (χ0v) is 8.65. The van der Waals surface area contributed by atoms with Crippen molar-refractivity contribution in [2.75, 3.05) is 7.11 Å². The van der Waals surface area contributed by atoms with Crippen molar-refractivity contribution in [3.8, 4) is 0 Å². The first-order chi connectivity index (χ1) is 7.39. The molecule has 90 valence electrons. The Morgan fingerprint density at radius 3 is 2.62 bits per heavy atom. The molecule has 0 aliphatic rings. The molecule has 8 heteroatoms. The van der Waals surface area contributed by atoms with Gasteiger partial charge in [0.05, 0.1) is 11.8 Å². The minimum atomic E-state index is -4.42. The van der Waals surface area contributed by atoms with E-state index in [0.29, 0.717) is 11.0 Å². The summed E-state index contributed by atoms with van der Waals surface area (Å²) in [5.41, 5.74) is -0.117. The molecule has 1 heterocycles. The Hall–Kier alpha value is -1.44. The molecular weight excluding hydrogens is 227 g/mol. The van der Waals surface area contributed by atoms with Crippen LogP contribution in [0.2, 0.25) is 0 Å². The van der Waals surface area contributed by atoms with Crippen molar-refractivity contribution in [2.24, 2.45) is 0 Å². The largest absolute Gasteiger partial charge is 0.408 e. The van der Waals surface area contributed by atoms with E-state index in [9.17, 15) is 18.0 Å². The first-order valence-corrected chi connectivity index (χ1v) is 4.37. The molecule has 0 fully saturated rings. The molecule has 0 saturated carbocycles. The van der Waals surface area contributed by atoms with Gasteiger partial charge in [0.25, 0.3) is 0 Å². The Morgan fingerprint density at radius 2 is 2.19 bits per heavy atom. The summed E-state index contributed by atoms with van der Waals surface area (Å²) in [6.45, 7) is 0.218. The van der Waals surface area contributed by atoms with Crippen molar-refractivity contribution in [1.29, 1.82) is 0 Å². The smallest absolute Gasteiger partial charge is 0.375 e. The Bertz CT molecular complexity index is 375. The maximum atomic E-state index is 12.2. The fourth-order valence-electron chi connectivity index (χ4n) is 1.23. The van der Waals surface area contributed by atoms with E-state index < -0.39 is 18.8 Å². The van der Waals surface area contributed by atoms with Crippen LogP contribution in [0.1, 0.15) is 29.2 Å². The van der Waals surface area contributed by atoms with Crippen molar-refractivity contribution in [3.05, 3.63) is 11.4 Å². The molecule has 0 aromatic carbocycles. The number of halogens is 3. The number of ether oxygens (including phenoxy) is 1. The molecular formula is C8H10F3N3O2. The second kappa shape index (κ2) is 4.60. The molecule has 1 atom stereocenters. The van der Waals surface area contributed by atoms with Gasteiger partial charge in [0.1, 0.15) is 6.54 Å². The Balaban J connectivity index is 3.09. The summed E-state index contributed by atoms with van der Waals surface area (Å²) >= 11 is 0. The average molecular weight is 237 g/mol. The highest BCUT2D eigenvalue weighted by atomic mass is 19.4. The van der Waals surface area contributed by atoms with Gasteiger partial charge in [0, 0.05) is 7.11 Å². The lowest BCUT2D eigenvalue weighted by Crippen LogP contribution is -2.22. The molecule has 0 spiro atoms. The van der Waals surface area contributed by atoms with Crippen molar-refractivity contribution in [3.63, 3.8) is 0 Å². The minimum Gasteiger partial charge on any atom is -0.375 e. The molecule has 0 radical (unpaired) electrons. The van der Waals surface area contributed by atoms with Crippen molar-refractivity contribution >= 4 is 6.29 Å². The number of rotatable bonds is 4. The number of carbonyl (C=O) groups is 1. The highest BCUT2D eigenvalue weighted by molar-refractivity contribution is 5.73. The third-order valence-electron chi connectivity index (χ3n) is 1.98. The molecule has 0 bridgehead atoms. The van der Waals surface area contributed by atoms with E-state index >= 15 is 0 Å². The SMILES string of the molecule is COC(C)c1c(C=O)nnn1CC(F)(F)F. The van der Waals surface area contributed by atoms with Gasteiger partial charge >= 0.3 is 6.18 Å². The highest BCUT2D eigenvalue weighted by Gasteiger charge is 2.31. The van der Waals surface area contributed by atoms with Crippen LogP contribution in [0.25, 0.3) is 0 Å². The summed E-state index contributed by atoms with van der Waals surface area (Å²) in [6, 6.07) is 0. The third-order valence-corrected chi connectivity index (χ3v) is 1.98. The molecule has 0 saturated heterocycles. The number of alkyl halides is 3. The lowest BCUT2D eigenvalue weighted by atomic mass is 10.2. The lowest BCUT2D eigenvalue weighted by molar-refractivity contribution is -0.143. The van der Waals surface area contributed by atoms with Gasteiger partial charge in [0.15, 0.2) is 12.0 Å². The number of carbonyl (C=O) groups excluding carboxylic acids is 1. The van der Waals surface area contributed by atoms with Crippen LogP contribution in [0.15, 0.2) is 0 Å². The standard InChI is InChI=1S/C8H10F3N3O2/c1-5(16-2)7-6(3-15)12-13-14(7)4-8(9,10)11/h3,5H,4H2,1-2H3. The van der Waals surface area contributed by atoms with Crippen LogP contribution in [0, 0.1) is 0 Å². The van der Waals surface area contributed by atoms with Crippen LogP contribution < -0.4 is 0 Å². The number of methoxy groups -OCH3 is 1. The van der Waals surface area contributed by atoms with E-state index in [1.165, 1.54) is 14.0 Å². The van der Waals surface area contributed by atoms with Gasteiger partial charge in [0.2, 0.25) is 0 Å². The number of aldehydes is 1. The number of aromatic nitrogens is 3. The van der Waals surface area contributed by atoms with Crippen LogP contribution in [-0.4, -0.2) is 34.6 Å². The summed E-state index contributed by atoms with van der Waals surface area (Å²) in [4.78, 5) is 10.6. The van der Waals surface area contributed by atoms with E-state index in [1.54, 1.807) is 0 Å². The predicted molar refractivity (Wildman–Crippen MR) is 46.9 cm³/mol. The van der Waals surface area contributed by atoms with Crippen LogP contribution in [-0.2, 0) is 11.3 Å². The highest BCUT2D eigenvalue weighted by Crippen LogP contribution is 2.22. The third kappa shape index (κ3) is 2.78. The Morgan fingerprint density at radius 1 is 1.56 bits per heavy atom. The van der Waals surface area contributed by atoms with Crippen LogP contribution in [0.3, 0.4) is 0 Å². The molecule has 1 aromatic rings. The van der Waals surface area contributed by atoms with Crippen LogP contribution in [0.4, 0.5) is 13.2 Å². The summed E-state index contributed by atoms with van der Waals surface area (Å²) in [6.07, 6.45) is -4.75. The molecule has 1 unspecified atom stereocenters. The van der Waals surface area contributed by atoms with Gasteiger partial charge in [-0.1, -0.05) is 5.21 Å². The number of hydrogen-bond donors (Lipinski definition) is 0. The minimum absolute atomic E-state index is 0.0230. The van der Waals surface area contributed by atoms with Crippen LogP contribution >= 0.6 is 0 Å². The van der Waals surface area contributed by atoms with Gasteiger partial charge in [-0.2, -0.15) is 13.2 Å². The van der Waals surface area contributed by atoms with Crippen LogP contribution in [0.5, 0.6) is 0 Å². The molecule has 0 aliphatic heterocycles. The second-order valence-corrected chi connectivity index (χ2v) is 3.13. The first-order valence-electron chi connectivity index (χ1n) is 4.37. The average Bonchev–Trinajstić information content (AvgIpc) is 2.57. The summed E-state index contributed by atoms with van der Waals surface area (Å²) in [5, 5.41) is 6.63. The first kappa shape index (κ1) is 12.6. The Labute approximate surface area is 89.2 Å². The second-order valence-electron chi connectivity index (χ2n) is 3.13. The van der Waals surface area contributed by atoms with Crippen molar-refractivity contribution in [1.82, 2.24) is 15.0 Å². The molecule has 1 rings (SSSR count). The fourth-order valence-corrected chi connectivity index (χ4v) is 1.23.